The molecular formula is C15H22ClNO2S. The summed E-state index contributed by atoms with van der Waals surface area (Å²) in [6, 6.07) is 7.56. The summed E-state index contributed by atoms with van der Waals surface area (Å²) in [4.78, 5) is 12.8. The van der Waals surface area contributed by atoms with Gasteiger partial charge in [-0.3, -0.25) is 4.79 Å². The van der Waals surface area contributed by atoms with Gasteiger partial charge >= 0.3 is 0 Å². The molecule has 5 heteroatoms. The smallest absolute Gasteiger partial charge is 0.220 e. The first-order valence-electron chi connectivity index (χ1n) is 6.80. The summed E-state index contributed by atoms with van der Waals surface area (Å²) in [6.07, 6.45) is 2.03. The van der Waals surface area contributed by atoms with Crippen LogP contribution in [-0.4, -0.2) is 28.9 Å². The van der Waals surface area contributed by atoms with Crippen molar-refractivity contribution in [3.05, 3.63) is 29.3 Å². The minimum absolute atomic E-state index is 0.0251. The van der Waals surface area contributed by atoms with E-state index in [4.69, 9.17) is 11.6 Å². The van der Waals surface area contributed by atoms with Crippen LogP contribution in [0.25, 0.3) is 0 Å². The Morgan fingerprint density at radius 2 is 2.05 bits per heavy atom. The molecule has 0 spiro atoms. The number of thioether (sulfide) groups is 1. The molecule has 2 N–H and O–H groups in total. The van der Waals surface area contributed by atoms with Crippen molar-refractivity contribution < 1.29 is 9.90 Å². The third-order valence-electron chi connectivity index (χ3n) is 2.87. The second kappa shape index (κ2) is 8.55. The van der Waals surface area contributed by atoms with Crippen molar-refractivity contribution in [2.24, 2.45) is 0 Å². The van der Waals surface area contributed by atoms with Crippen LogP contribution in [0, 0.1) is 0 Å². The van der Waals surface area contributed by atoms with Gasteiger partial charge in [-0.15, -0.1) is 11.8 Å². The largest absolute Gasteiger partial charge is 0.388 e. The molecule has 0 aromatic heterocycles. The van der Waals surface area contributed by atoms with Gasteiger partial charge in [0.1, 0.15) is 0 Å². The Bertz CT molecular complexity index is 420. The van der Waals surface area contributed by atoms with Gasteiger partial charge in [0.05, 0.1) is 5.60 Å². The van der Waals surface area contributed by atoms with E-state index in [-0.39, 0.29) is 5.91 Å². The van der Waals surface area contributed by atoms with Gasteiger partial charge in [-0.05, 0) is 37.6 Å². The standard InChI is InChI=1S/C15H22ClNO2S/c1-3-9-15(2,19)11-17-14(18)8-10-20-13-6-4-12(16)5-7-13/h4-7,19H,3,8-11H2,1-2H3,(H,17,18). The van der Waals surface area contributed by atoms with Crippen molar-refractivity contribution in [3.63, 3.8) is 0 Å². The maximum atomic E-state index is 11.7. The second-order valence-corrected chi connectivity index (χ2v) is 6.68. The molecule has 112 valence electrons. The highest BCUT2D eigenvalue weighted by Gasteiger charge is 2.19. The lowest BCUT2D eigenvalue weighted by Crippen LogP contribution is -2.40. The van der Waals surface area contributed by atoms with Gasteiger partial charge < -0.3 is 10.4 Å². The normalized spacial score (nSPS) is 13.8. The van der Waals surface area contributed by atoms with Crippen LogP contribution in [0.5, 0.6) is 0 Å². The van der Waals surface area contributed by atoms with Crippen LogP contribution in [0.2, 0.25) is 5.02 Å². The van der Waals surface area contributed by atoms with Crippen LogP contribution in [0.3, 0.4) is 0 Å². The molecule has 1 amide bonds. The predicted octanol–water partition coefficient (Wildman–Crippen LogP) is 3.49. The number of carbonyl (C=O) groups is 1. The molecule has 0 fully saturated rings. The van der Waals surface area contributed by atoms with Crippen LogP contribution in [0.1, 0.15) is 33.1 Å². The zero-order chi connectivity index (χ0) is 15.0. The lowest BCUT2D eigenvalue weighted by Gasteiger charge is -2.22. The van der Waals surface area contributed by atoms with Crippen LogP contribution in [0.15, 0.2) is 29.2 Å². The van der Waals surface area contributed by atoms with Gasteiger partial charge in [0.15, 0.2) is 0 Å². The molecule has 1 rings (SSSR count). The summed E-state index contributed by atoms with van der Waals surface area (Å²) in [5, 5.41) is 13.5. The molecule has 20 heavy (non-hydrogen) atoms. The highest BCUT2D eigenvalue weighted by molar-refractivity contribution is 7.99. The Labute approximate surface area is 130 Å². The number of nitrogens with one attached hydrogen (secondary N) is 1. The average Bonchev–Trinajstić information content (AvgIpc) is 2.39. The first-order valence-corrected chi connectivity index (χ1v) is 8.17. The van der Waals surface area contributed by atoms with Crippen LogP contribution < -0.4 is 5.32 Å². The predicted molar refractivity (Wildman–Crippen MR) is 85.3 cm³/mol. The SMILES string of the molecule is CCCC(C)(O)CNC(=O)CCSc1ccc(Cl)cc1. The second-order valence-electron chi connectivity index (χ2n) is 5.08. The fourth-order valence-electron chi connectivity index (χ4n) is 1.80. The topological polar surface area (TPSA) is 49.3 Å². The molecule has 1 atom stereocenters. The molecule has 1 aromatic rings. The number of carbonyl (C=O) groups excluding carboxylic acids is 1. The van der Waals surface area contributed by atoms with E-state index < -0.39 is 5.60 Å². The summed E-state index contributed by atoms with van der Waals surface area (Å²) in [5.41, 5.74) is -0.812. The zero-order valence-corrected chi connectivity index (χ0v) is 13.6. The highest BCUT2D eigenvalue weighted by atomic mass is 35.5. The van der Waals surface area contributed by atoms with Crippen LogP contribution in [0.4, 0.5) is 0 Å². The van der Waals surface area contributed by atoms with Gasteiger partial charge in [0.2, 0.25) is 5.91 Å². The fraction of sp³-hybridized carbons (Fsp3) is 0.533. The van der Waals surface area contributed by atoms with E-state index in [0.717, 1.165) is 11.3 Å². The van der Waals surface area contributed by atoms with E-state index in [1.54, 1.807) is 18.7 Å². The summed E-state index contributed by atoms with van der Waals surface area (Å²) < 4.78 is 0. The van der Waals surface area contributed by atoms with Crippen molar-refractivity contribution in [3.8, 4) is 0 Å². The Morgan fingerprint density at radius 3 is 2.65 bits per heavy atom. The van der Waals surface area contributed by atoms with Gasteiger partial charge in [0.25, 0.3) is 0 Å². The maximum Gasteiger partial charge on any atom is 0.220 e. The number of benzene rings is 1. The number of rotatable bonds is 8. The van der Waals surface area contributed by atoms with Gasteiger partial charge in [0, 0.05) is 28.6 Å². The van der Waals surface area contributed by atoms with E-state index in [9.17, 15) is 9.90 Å². The van der Waals surface area contributed by atoms with Crippen LogP contribution >= 0.6 is 23.4 Å². The van der Waals surface area contributed by atoms with E-state index in [1.165, 1.54) is 0 Å². The molecule has 0 saturated carbocycles. The summed E-state index contributed by atoms with van der Waals surface area (Å²) in [5.74, 6) is 0.687. The zero-order valence-electron chi connectivity index (χ0n) is 12.0. The first kappa shape index (κ1) is 17.3. The third-order valence-corrected chi connectivity index (χ3v) is 4.13. The van der Waals surface area contributed by atoms with Crippen molar-refractivity contribution in [1.29, 1.82) is 0 Å². The monoisotopic (exact) mass is 315 g/mol. The molecule has 0 aliphatic rings. The molecule has 0 aliphatic carbocycles. The molecule has 3 nitrogen and oxygen atoms in total. The Balaban J connectivity index is 2.22. The van der Waals surface area contributed by atoms with Crippen molar-refractivity contribution in [2.75, 3.05) is 12.3 Å². The van der Waals surface area contributed by atoms with Crippen molar-refractivity contribution in [1.82, 2.24) is 5.32 Å². The minimum Gasteiger partial charge on any atom is -0.388 e. The molecule has 1 aromatic carbocycles. The molecule has 0 bridgehead atoms. The molecule has 0 saturated heterocycles. The number of halogens is 1. The summed E-state index contributed by atoms with van der Waals surface area (Å²) in [7, 11) is 0. The highest BCUT2D eigenvalue weighted by Crippen LogP contribution is 2.20. The van der Waals surface area contributed by atoms with Gasteiger partial charge in [-0.1, -0.05) is 24.9 Å². The number of hydrogen-bond acceptors (Lipinski definition) is 3. The molecule has 1 unspecified atom stereocenters. The average molecular weight is 316 g/mol. The Hall–Kier alpha value is -0.710. The van der Waals surface area contributed by atoms with Gasteiger partial charge in [-0.25, -0.2) is 0 Å². The maximum absolute atomic E-state index is 11.7. The van der Waals surface area contributed by atoms with Gasteiger partial charge in [-0.2, -0.15) is 0 Å². The van der Waals surface area contributed by atoms with E-state index in [0.29, 0.717) is 30.2 Å². The molecule has 0 heterocycles. The lowest BCUT2D eigenvalue weighted by atomic mass is 10.0. The Kier molecular flexibility index (Phi) is 7.41. The minimum atomic E-state index is -0.812. The Morgan fingerprint density at radius 1 is 1.40 bits per heavy atom. The molecule has 0 aliphatic heterocycles. The molecular weight excluding hydrogens is 294 g/mol. The van der Waals surface area contributed by atoms with Crippen molar-refractivity contribution in [2.45, 2.75) is 43.6 Å². The van der Waals surface area contributed by atoms with Crippen LogP contribution in [-0.2, 0) is 4.79 Å². The van der Waals surface area contributed by atoms with E-state index in [1.807, 2.05) is 31.2 Å². The molecule has 0 radical (unpaired) electrons. The van der Waals surface area contributed by atoms with E-state index in [2.05, 4.69) is 5.32 Å². The summed E-state index contributed by atoms with van der Waals surface area (Å²) >= 11 is 7.43. The van der Waals surface area contributed by atoms with E-state index >= 15 is 0 Å². The fourth-order valence-corrected chi connectivity index (χ4v) is 2.77. The number of hydrogen-bond donors (Lipinski definition) is 2. The van der Waals surface area contributed by atoms with Crippen molar-refractivity contribution >= 4 is 29.3 Å². The third kappa shape index (κ3) is 7.17. The summed E-state index contributed by atoms with van der Waals surface area (Å²) in [6.45, 7) is 4.07. The number of aliphatic hydroxyl groups is 1. The quantitative estimate of drug-likeness (QED) is 0.722. The lowest BCUT2D eigenvalue weighted by molar-refractivity contribution is -0.121. The number of amides is 1. The first-order chi connectivity index (χ1) is 9.43.